The SMILES string of the molecule is O=C(C=Cc1ccc2c(c1)OCO2)NNC(=O)c1nn(Cc2ccccc2)c(=O)c2ccccc12. The number of benzene rings is 3. The van der Waals surface area contributed by atoms with Crippen LogP contribution in [0.15, 0.2) is 83.7 Å². The summed E-state index contributed by atoms with van der Waals surface area (Å²) in [6.07, 6.45) is 2.86. The predicted octanol–water partition coefficient (Wildman–Crippen LogP) is 2.65. The van der Waals surface area contributed by atoms with Gasteiger partial charge in [0.1, 0.15) is 0 Å². The van der Waals surface area contributed by atoms with Crippen LogP contribution in [0, 0.1) is 0 Å². The second-order valence-corrected chi connectivity index (χ2v) is 7.73. The van der Waals surface area contributed by atoms with Gasteiger partial charge in [0.05, 0.1) is 11.9 Å². The van der Waals surface area contributed by atoms with Gasteiger partial charge in [0.15, 0.2) is 17.2 Å². The van der Waals surface area contributed by atoms with Crippen molar-refractivity contribution in [1.29, 1.82) is 0 Å². The third-order valence-corrected chi connectivity index (χ3v) is 5.38. The van der Waals surface area contributed by atoms with Crippen LogP contribution in [-0.4, -0.2) is 28.4 Å². The average molecular weight is 468 g/mol. The summed E-state index contributed by atoms with van der Waals surface area (Å²) in [5, 5.41) is 5.05. The molecule has 0 bridgehead atoms. The lowest BCUT2D eigenvalue weighted by molar-refractivity contribution is -0.117. The first-order valence-corrected chi connectivity index (χ1v) is 10.8. The van der Waals surface area contributed by atoms with Crippen LogP contribution in [0.4, 0.5) is 0 Å². The minimum absolute atomic E-state index is 0.0242. The zero-order valence-corrected chi connectivity index (χ0v) is 18.4. The van der Waals surface area contributed by atoms with Crippen molar-refractivity contribution < 1.29 is 19.1 Å². The number of nitrogens with one attached hydrogen (secondary N) is 2. The first kappa shape index (κ1) is 21.9. The van der Waals surface area contributed by atoms with E-state index in [1.807, 2.05) is 30.3 Å². The number of fused-ring (bicyclic) bond motifs is 2. The number of hydrogen-bond donors (Lipinski definition) is 2. The Kier molecular flexibility index (Phi) is 5.96. The number of ether oxygens (including phenoxy) is 2. The third kappa shape index (κ3) is 4.74. The van der Waals surface area contributed by atoms with E-state index in [1.54, 1.807) is 48.5 Å². The standard InChI is InChI=1S/C26H20N4O5/c31-23(13-11-17-10-12-21-22(14-17)35-16-34-21)27-28-25(32)24-19-8-4-5-9-20(19)26(33)30(29-24)15-18-6-2-1-3-7-18/h1-14H,15-16H2,(H,27,31)(H,28,32). The molecule has 0 unspecified atom stereocenters. The summed E-state index contributed by atoms with van der Waals surface area (Å²) in [6.45, 7) is 0.367. The van der Waals surface area contributed by atoms with Gasteiger partial charge in [-0.1, -0.05) is 54.6 Å². The van der Waals surface area contributed by atoms with E-state index in [0.29, 0.717) is 22.3 Å². The highest BCUT2D eigenvalue weighted by Gasteiger charge is 2.17. The van der Waals surface area contributed by atoms with E-state index in [-0.39, 0.29) is 24.6 Å². The van der Waals surface area contributed by atoms with E-state index in [4.69, 9.17) is 9.47 Å². The van der Waals surface area contributed by atoms with E-state index < -0.39 is 11.8 Å². The third-order valence-electron chi connectivity index (χ3n) is 5.38. The van der Waals surface area contributed by atoms with Gasteiger partial charge < -0.3 is 9.47 Å². The molecule has 35 heavy (non-hydrogen) atoms. The largest absolute Gasteiger partial charge is 0.454 e. The fraction of sp³-hybridized carbons (Fsp3) is 0.0769. The molecule has 2 heterocycles. The highest BCUT2D eigenvalue weighted by molar-refractivity contribution is 6.05. The van der Waals surface area contributed by atoms with E-state index in [1.165, 1.54) is 10.8 Å². The van der Waals surface area contributed by atoms with Gasteiger partial charge in [-0.05, 0) is 35.4 Å². The number of hydrogen-bond acceptors (Lipinski definition) is 6. The van der Waals surface area contributed by atoms with Crippen molar-refractivity contribution in [3.05, 3.63) is 106 Å². The van der Waals surface area contributed by atoms with Gasteiger partial charge in [-0.25, -0.2) is 4.68 Å². The van der Waals surface area contributed by atoms with Crippen molar-refractivity contribution in [1.82, 2.24) is 20.6 Å². The van der Waals surface area contributed by atoms with E-state index >= 15 is 0 Å². The Labute approximate surface area is 199 Å². The molecule has 9 heteroatoms. The fourth-order valence-electron chi connectivity index (χ4n) is 3.67. The van der Waals surface area contributed by atoms with Gasteiger partial charge in [0.2, 0.25) is 6.79 Å². The quantitative estimate of drug-likeness (QED) is 0.344. The molecule has 5 rings (SSSR count). The molecule has 2 amide bonds. The monoisotopic (exact) mass is 468 g/mol. The lowest BCUT2D eigenvalue weighted by atomic mass is 10.1. The van der Waals surface area contributed by atoms with Crippen LogP contribution in [0.5, 0.6) is 11.5 Å². The number of hydrazine groups is 1. The summed E-state index contributed by atoms with van der Waals surface area (Å²) < 4.78 is 11.8. The molecule has 4 aromatic rings. The number of aromatic nitrogens is 2. The maximum atomic E-state index is 12.9. The van der Waals surface area contributed by atoms with Crippen LogP contribution in [0.2, 0.25) is 0 Å². The summed E-state index contributed by atoms with van der Waals surface area (Å²) in [6, 6.07) is 21.4. The lowest BCUT2D eigenvalue weighted by Crippen LogP contribution is -2.42. The molecular weight excluding hydrogens is 448 g/mol. The molecule has 174 valence electrons. The van der Waals surface area contributed by atoms with Gasteiger partial charge in [-0.2, -0.15) is 5.10 Å². The van der Waals surface area contributed by atoms with Gasteiger partial charge >= 0.3 is 0 Å². The van der Waals surface area contributed by atoms with Crippen molar-refractivity contribution in [2.45, 2.75) is 6.54 Å². The van der Waals surface area contributed by atoms with Crippen LogP contribution in [0.25, 0.3) is 16.8 Å². The van der Waals surface area contributed by atoms with Crippen LogP contribution in [0.3, 0.4) is 0 Å². The second-order valence-electron chi connectivity index (χ2n) is 7.73. The van der Waals surface area contributed by atoms with Gasteiger partial charge in [-0.3, -0.25) is 25.2 Å². The molecule has 0 fully saturated rings. The molecule has 1 aliphatic rings. The first-order chi connectivity index (χ1) is 17.1. The van der Waals surface area contributed by atoms with E-state index in [2.05, 4.69) is 16.0 Å². The highest BCUT2D eigenvalue weighted by Crippen LogP contribution is 2.32. The Hall–Kier alpha value is -4.92. The number of rotatable bonds is 5. The highest BCUT2D eigenvalue weighted by atomic mass is 16.7. The summed E-state index contributed by atoms with van der Waals surface area (Å²) in [7, 11) is 0. The molecule has 0 aliphatic carbocycles. The Morgan fingerprint density at radius 1 is 0.914 bits per heavy atom. The Bertz CT molecular complexity index is 1510. The molecule has 0 saturated heterocycles. The first-order valence-electron chi connectivity index (χ1n) is 10.8. The summed E-state index contributed by atoms with van der Waals surface area (Å²) in [5.74, 6) is 0.0578. The van der Waals surface area contributed by atoms with Crippen molar-refractivity contribution in [2.24, 2.45) is 0 Å². The molecule has 1 aliphatic heterocycles. The summed E-state index contributed by atoms with van der Waals surface area (Å²) >= 11 is 0. The molecule has 0 spiro atoms. The van der Waals surface area contributed by atoms with Crippen LogP contribution in [0.1, 0.15) is 21.6 Å². The molecule has 0 saturated carbocycles. The van der Waals surface area contributed by atoms with Crippen molar-refractivity contribution in [2.75, 3.05) is 6.79 Å². The second kappa shape index (κ2) is 9.52. The van der Waals surface area contributed by atoms with Crippen LogP contribution >= 0.6 is 0 Å². The molecule has 3 aromatic carbocycles. The molecule has 0 radical (unpaired) electrons. The van der Waals surface area contributed by atoms with E-state index in [9.17, 15) is 14.4 Å². The summed E-state index contributed by atoms with van der Waals surface area (Å²) in [4.78, 5) is 38.1. The maximum absolute atomic E-state index is 12.9. The fourth-order valence-corrected chi connectivity index (χ4v) is 3.67. The van der Waals surface area contributed by atoms with Gasteiger partial charge in [-0.15, -0.1) is 0 Å². The van der Waals surface area contributed by atoms with Crippen LogP contribution in [-0.2, 0) is 11.3 Å². The summed E-state index contributed by atoms with van der Waals surface area (Å²) in [5.41, 5.74) is 6.03. The maximum Gasteiger partial charge on any atom is 0.290 e. The number of nitrogens with zero attached hydrogens (tertiary/aromatic N) is 2. The number of amides is 2. The molecule has 9 nitrogen and oxygen atoms in total. The average Bonchev–Trinajstić information content (AvgIpc) is 3.36. The number of carbonyl (C=O) groups is 2. The molecule has 2 N–H and O–H groups in total. The Morgan fingerprint density at radius 3 is 2.49 bits per heavy atom. The Morgan fingerprint density at radius 2 is 1.66 bits per heavy atom. The van der Waals surface area contributed by atoms with Crippen molar-refractivity contribution in [3.8, 4) is 11.5 Å². The van der Waals surface area contributed by atoms with Crippen molar-refractivity contribution in [3.63, 3.8) is 0 Å². The molecule has 0 atom stereocenters. The van der Waals surface area contributed by atoms with Crippen molar-refractivity contribution >= 4 is 28.7 Å². The molecule has 1 aromatic heterocycles. The zero-order chi connectivity index (χ0) is 24.2. The smallest absolute Gasteiger partial charge is 0.290 e. The molecular formula is C26H20N4O5. The van der Waals surface area contributed by atoms with Gasteiger partial charge in [0, 0.05) is 11.5 Å². The topological polar surface area (TPSA) is 112 Å². The normalized spacial score (nSPS) is 12.1. The van der Waals surface area contributed by atoms with Gasteiger partial charge in [0.25, 0.3) is 17.4 Å². The predicted molar refractivity (Wildman–Crippen MR) is 129 cm³/mol. The van der Waals surface area contributed by atoms with E-state index in [0.717, 1.165) is 11.1 Å². The minimum atomic E-state index is -0.646. The van der Waals surface area contributed by atoms with Crippen LogP contribution < -0.4 is 25.9 Å². The zero-order valence-electron chi connectivity index (χ0n) is 18.4. The number of carbonyl (C=O) groups excluding carboxylic acids is 2. The minimum Gasteiger partial charge on any atom is -0.454 e. The Balaban J connectivity index is 1.33. The lowest BCUT2D eigenvalue weighted by Gasteiger charge is -2.11.